The first-order valence-electron chi connectivity index (χ1n) is 8.71. The Morgan fingerprint density at radius 3 is 2.96 bits per heavy atom. The fourth-order valence-electron chi connectivity index (χ4n) is 3.26. The van der Waals surface area contributed by atoms with Crippen LogP contribution in [0.1, 0.15) is 12.0 Å². The number of fused-ring (bicyclic) bond motifs is 2. The van der Waals surface area contributed by atoms with Crippen molar-refractivity contribution in [1.82, 2.24) is 9.97 Å². The number of anilines is 2. The van der Waals surface area contributed by atoms with Crippen LogP contribution in [0, 0.1) is 5.41 Å². The van der Waals surface area contributed by atoms with Gasteiger partial charge in [0.2, 0.25) is 5.95 Å². The summed E-state index contributed by atoms with van der Waals surface area (Å²) < 4.78 is 11.1. The predicted molar refractivity (Wildman–Crippen MR) is 104 cm³/mol. The van der Waals surface area contributed by atoms with Crippen molar-refractivity contribution in [3.05, 3.63) is 66.6 Å². The van der Waals surface area contributed by atoms with Crippen LogP contribution < -0.4 is 10.1 Å². The molecule has 5 rings (SSSR count). The highest BCUT2D eigenvalue weighted by molar-refractivity contribution is 5.91. The van der Waals surface area contributed by atoms with E-state index in [1.165, 1.54) is 0 Å². The van der Waals surface area contributed by atoms with E-state index in [4.69, 9.17) is 14.6 Å². The van der Waals surface area contributed by atoms with Crippen molar-refractivity contribution >= 4 is 28.5 Å². The van der Waals surface area contributed by atoms with Gasteiger partial charge in [0.15, 0.2) is 5.90 Å². The molecule has 6 heteroatoms. The highest BCUT2D eigenvalue weighted by Crippen LogP contribution is 2.31. The molecule has 0 saturated heterocycles. The van der Waals surface area contributed by atoms with Crippen LogP contribution in [0.15, 0.2) is 65.4 Å². The van der Waals surface area contributed by atoms with Gasteiger partial charge in [-0.3, -0.25) is 5.41 Å². The van der Waals surface area contributed by atoms with Gasteiger partial charge in [-0.2, -0.15) is 0 Å². The minimum Gasteiger partial charge on any atom is -0.464 e. The van der Waals surface area contributed by atoms with E-state index in [-0.39, 0.29) is 0 Å². The van der Waals surface area contributed by atoms with Crippen LogP contribution >= 0.6 is 0 Å². The van der Waals surface area contributed by atoms with E-state index >= 15 is 0 Å². The minimum absolute atomic E-state index is 0.296. The Morgan fingerprint density at radius 1 is 1.04 bits per heavy atom. The Hall–Kier alpha value is -3.67. The van der Waals surface area contributed by atoms with Crippen molar-refractivity contribution in [2.24, 2.45) is 0 Å². The second kappa shape index (κ2) is 6.25. The van der Waals surface area contributed by atoms with E-state index in [0.717, 1.165) is 39.9 Å². The Labute approximate surface area is 155 Å². The lowest BCUT2D eigenvalue weighted by atomic mass is 10.1. The van der Waals surface area contributed by atoms with Crippen LogP contribution in [-0.4, -0.2) is 15.9 Å². The van der Waals surface area contributed by atoms with Gasteiger partial charge in [-0.25, -0.2) is 9.97 Å². The number of furan rings is 1. The van der Waals surface area contributed by atoms with E-state index in [1.54, 1.807) is 12.5 Å². The lowest BCUT2D eigenvalue weighted by molar-refractivity contribution is 0.499. The number of ether oxygens (including phenoxy) is 1. The maximum Gasteiger partial charge on any atom is 0.227 e. The molecule has 2 N–H and O–H groups in total. The molecule has 1 aliphatic heterocycles. The molecule has 2 aromatic carbocycles. The van der Waals surface area contributed by atoms with E-state index in [1.807, 2.05) is 48.5 Å². The first-order chi connectivity index (χ1) is 13.3. The maximum absolute atomic E-state index is 7.71. The lowest BCUT2D eigenvalue weighted by Crippen LogP contribution is -2.15. The van der Waals surface area contributed by atoms with Crippen molar-refractivity contribution < 1.29 is 9.15 Å². The highest BCUT2D eigenvalue weighted by atomic mass is 16.5. The Bertz CT molecular complexity index is 1170. The van der Waals surface area contributed by atoms with Crippen molar-refractivity contribution in [3.8, 4) is 17.0 Å². The van der Waals surface area contributed by atoms with Crippen molar-refractivity contribution in [1.29, 1.82) is 5.41 Å². The number of hydrogen-bond donors (Lipinski definition) is 2. The van der Waals surface area contributed by atoms with Gasteiger partial charge < -0.3 is 14.5 Å². The lowest BCUT2D eigenvalue weighted by Gasteiger charge is -2.18. The average Bonchev–Trinajstić information content (AvgIpc) is 3.17. The summed E-state index contributed by atoms with van der Waals surface area (Å²) in [7, 11) is 0. The molecule has 0 spiro atoms. The third kappa shape index (κ3) is 2.91. The highest BCUT2D eigenvalue weighted by Gasteiger charge is 2.15. The van der Waals surface area contributed by atoms with Crippen molar-refractivity contribution in [2.75, 3.05) is 5.32 Å². The van der Waals surface area contributed by atoms with E-state index in [2.05, 4.69) is 15.3 Å². The SMILES string of the molecule is N=C1CCc2ccc(Nc3nccc(-c4cccc5ccoc45)n3)cc2O1. The second-order valence-electron chi connectivity index (χ2n) is 6.38. The molecule has 0 bridgehead atoms. The summed E-state index contributed by atoms with van der Waals surface area (Å²) in [6.07, 6.45) is 4.87. The number of hydrogen-bond acceptors (Lipinski definition) is 6. The second-order valence-corrected chi connectivity index (χ2v) is 6.38. The van der Waals surface area contributed by atoms with Crippen LogP contribution in [0.2, 0.25) is 0 Å². The van der Waals surface area contributed by atoms with E-state index < -0.39 is 0 Å². The molecule has 2 aromatic heterocycles. The number of benzene rings is 2. The summed E-state index contributed by atoms with van der Waals surface area (Å²) in [6.45, 7) is 0. The van der Waals surface area contributed by atoms with Gasteiger partial charge in [0.05, 0.1) is 12.0 Å². The molecule has 0 radical (unpaired) electrons. The molecule has 0 atom stereocenters. The Morgan fingerprint density at radius 2 is 2.00 bits per heavy atom. The molecule has 3 heterocycles. The van der Waals surface area contributed by atoms with Crippen LogP contribution in [0.25, 0.3) is 22.2 Å². The number of nitrogens with one attached hydrogen (secondary N) is 2. The fourth-order valence-corrected chi connectivity index (χ4v) is 3.26. The molecule has 4 aromatic rings. The summed E-state index contributed by atoms with van der Waals surface area (Å²) in [5, 5.41) is 12.0. The summed E-state index contributed by atoms with van der Waals surface area (Å²) in [6, 6.07) is 15.6. The fraction of sp³-hybridized carbons (Fsp3) is 0.0952. The molecule has 0 amide bonds. The van der Waals surface area contributed by atoms with Crippen LogP contribution in [0.5, 0.6) is 5.75 Å². The number of aromatic nitrogens is 2. The van der Waals surface area contributed by atoms with Gasteiger partial charge in [0.25, 0.3) is 0 Å². The van der Waals surface area contributed by atoms with E-state index in [0.29, 0.717) is 24.0 Å². The summed E-state index contributed by atoms with van der Waals surface area (Å²) in [5.41, 5.74) is 4.43. The Kier molecular flexibility index (Phi) is 3.60. The molecule has 1 aliphatic rings. The standard InChI is InChI=1S/C21H16N4O2/c22-19-7-5-13-4-6-15(12-18(13)27-19)24-21-23-10-8-17(25-21)16-3-1-2-14-9-11-26-20(14)16/h1-4,6,8-12,22H,5,7H2,(H,23,24,25). The van der Waals surface area contributed by atoms with Gasteiger partial charge >= 0.3 is 0 Å². The third-order valence-electron chi connectivity index (χ3n) is 4.59. The molecular formula is C21H16N4O2. The van der Waals surface area contributed by atoms with Crippen molar-refractivity contribution in [3.63, 3.8) is 0 Å². The predicted octanol–water partition coefficient (Wildman–Crippen LogP) is 4.94. The first kappa shape index (κ1) is 15.6. The molecule has 0 fully saturated rings. The zero-order valence-electron chi connectivity index (χ0n) is 14.4. The largest absolute Gasteiger partial charge is 0.464 e. The molecular weight excluding hydrogens is 340 g/mol. The van der Waals surface area contributed by atoms with Gasteiger partial charge in [0.1, 0.15) is 11.3 Å². The smallest absolute Gasteiger partial charge is 0.227 e. The first-order valence-corrected chi connectivity index (χ1v) is 8.71. The zero-order chi connectivity index (χ0) is 18.2. The molecule has 0 aliphatic carbocycles. The number of para-hydroxylation sites is 1. The molecule has 6 nitrogen and oxygen atoms in total. The van der Waals surface area contributed by atoms with E-state index in [9.17, 15) is 0 Å². The summed E-state index contributed by atoms with van der Waals surface area (Å²) in [4.78, 5) is 8.95. The monoisotopic (exact) mass is 356 g/mol. The van der Waals surface area contributed by atoms with Gasteiger partial charge in [-0.15, -0.1) is 0 Å². The van der Waals surface area contributed by atoms with Crippen LogP contribution in [0.4, 0.5) is 11.6 Å². The zero-order valence-corrected chi connectivity index (χ0v) is 14.4. The summed E-state index contributed by atoms with van der Waals surface area (Å²) in [5.74, 6) is 1.50. The molecule has 132 valence electrons. The maximum atomic E-state index is 7.71. The van der Waals surface area contributed by atoms with Gasteiger partial charge in [0, 0.05) is 35.3 Å². The Balaban J connectivity index is 1.47. The number of aryl methyl sites for hydroxylation is 1. The minimum atomic E-state index is 0.296. The average molecular weight is 356 g/mol. The van der Waals surface area contributed by atoms with Gasteiger partial charge in [-0.05, 0) is 36.2 Å². The molecule has 27 heavy (non-hydrogen) atoms. The summed E-state index contributed by atoms with van der Waals surface area (Å²) >= 11 is 0. The number of rotatable bonds is 3. The normalized spacial score (nSPS) is 13.3. The van der Waals surface area contributed by atoms with Crippen LogP contribution in [0.3, 0.4) is 0 Å². The topological polar surface area (TPSA) is 84.0 Å². The molecule has 0 unspecified atom stereocenters. The molecule has 0 saturated carbocycles. The third-order valence-corrected chi connectivity index (χ3v) is 4.59. The van der Waals surface area contributed by atoms with Crippen LogP contribution in [-0.2, 0) is 6.42 Å². The quantitative estimate of drug-likeness (QED) is 0.543. The van der Waals surface area contributed by atoms with Gasteiger partial charge in [-0.1, -0.05) is 18.2 Å². The van der Waals surface area contributed by atoms with Crippen molar-refractivity contribution in [2.45, 2.75) is 12.8 Å². The number of nitrogens with zero attached hydrogens (tertiary/aromatic N) is 2.